The zero-order valence-electron chi connectivity index (χ0n) is 23.2. The Morgan fingerprint density at radius 2 is 1.09 bits per heavy atom. The predicted octanol–water partition coefficient (Wildman–Crippen LogP) is 8.71. The molecular formula is C37H22O4S2. The van der Waals surface area contributed by atoms with Crippen LogP contribution in [0.1, 0.15) is 76.8 Å². The van der Waals surface area contributed by atoms with Crippen molar-refractivity contribution in [2.75, 3.05) is 0 Å². The Morgan fingerprint density at radius 3 is 1.67 bits per heavy atom. The highest BCUT2D eigenvalue weighted by atomic mass is 32.1. The van der Waals surface area contributed by atoms with Gasteiger partial charge in [0.2, 0.25) is 0 Å². The fourth-order valence-corrected chi connectivity index (χ4v) is 8.76. The lowest BCUT2D eigenvalue weighted by Crippen LogP contribution is -2.14. The Labute approximate surface area is 255 Å². The molecule has 0 spiro atoms. The third-order valence-electron chi connectivity index (χ3n) is 8.65. The van der Waals surface area contributed by atoms with E-state index >= 15 is 0 Å². The molecule has 4 nitrogen and oxygen atoms in total. The molecule has 2 heterocycles. The van der Waals surface area contributed by atoms with Gasteiger partial charge in [-0.25, -0.2) is 0 Å². The smallest absolute Gasteiger partial charge is 0.197 e. The molecule has 0 saturated heterocycles. The van der Waals surface area contributed by atoms with Crippen LogP contribution in [0.25, 0.3) is 32.3 Å². The highest BCUT2D eigenvalue weighted by Crippen LogP contribution is 2.55. The number of benzene rings is 3. The van der Waals surface area contributed by atoms with Gasteiger partial charge in [0.1, 0.15) is 0 Å². The number of rotatable bonds is 3. The monoisotopic (exact) mass is 594 g/mol. The molecule has 206 valence electrons. The van der Waals surface area contributed by atoms with Crippen LogP contribution in [0, 0.1) is 0 Å². The van der Waals surface area contributed by atoms with E-state index in [-0.39, 0.29) is 39.7 Å². The molecule has 0 fully saturated rings. The number of allylic oxidation sites excluding steroid dienone is 2. The van der Waals surface area contributed by atoms with Crippen molar-refractivity contribution in [3.05, 3.63) is 140 Å². The first kappa shape index (κ1) is 25.9. The van der Waals surface area contributed by atoms with Crippen molar-refractivity contribution in [2.45, 2.75) is 19.3 Å². The maximum Gasteiger partial charge on any atom is 0.197 e. The number of Topliss-reactive ketones (excluding diaryl/α,β-unsaturated/α-hetero) is 4. The first-order valence-corrected chi connectivity index (χ1v) is 15.6. The minimum Gasteiger partial charge on any atom is -0.288 e. The van der Waals surface area contributed by atoms with E-state index in [0.29, 0.717) is 22.3 Å². The number of hydrogen-bond donors (Lipinski definition) is 0. The first-order chi connectivity index (χ1) is 20.7. The molecule has 0 N–H and O–H groups in total. The zero-order valence-corrected chi connectivity index (χ0v) is 24.8. The number of fused-ring (bicyclic) bond motifs is 5. The van der Waals surface area contributed by atoms with Gasteiger partial charge in [-0.2, -0.15) is 0 Å². The van der Waals surface area contributed by atoms with E-state index in [1.807, 2.05) is 18.2 Å². The maximum absolute atomic E-state index is 12.9. The SMILES string of the molecule is CC1(C)c2cc(C=C3C(=O)c4ccccc4C3=O)ccc2-c2sc(-c3ccc(C=C4C(=O)c5ccccc5C4=O)s3)cc21. The summed E-state index contributed by atoms with van der Waals surface area (Å²) in [5.74, 6) is -0.877. The third-order valence-corrected chi connectivity index (χ3v) is 11.0. The highest BCUT2D eigenvalue weighted by molar-refractivity contribution is 7.24. The summed E-state index contributed by atoms with van der Waals surface area (Å²) in [6, 6.07) is 26.4. The van der Waals surface area contributed by atoms with Crippen LogP contribution in [0.5, 0.6) is 0 Å². The van der Waals surface area contributed by atoms with Gasteiger partial charge in [-0.05, 0) is 52.6 Å². The van der Waals surface area contributed by atoms with Crippen LogP contribution < -0.4 is 0 Å². The molecule has 3 aromatic carbocycles. The Kier molecular flexibility index (Phi) is 5.48. The zero-order chi connectivity index (χ0) is 29.6. The van der Waals surface area contributed by atoms with Gasteiger partial charge >= 0.3 is 0 Å². The Hall–Kier alpha value is -4.78. The Bertz CT molecular complexity index is 2110. The van der Waals surface area contributed by atoms with Crippen LogP contribution in [0.3, 0.4) is 0 Å². The van der Waals surface area contributed by atoms with Gasteiger partial charge in [0.25, 0.3) is 0 Å². The first-order valence-electron chi connectivity index (χ1n) is 13.9. The van der Waals surface area contributed by atoms with Crippen molar-refractivity contribution < 1.29 is 19.2 Å². The Morgan fingerprint density at radius 1 is 0.535 bits per heavy atom. The van der Waals surface area contributed by atoms with Crippen LogP contribution in [0.2, 0.25) is 0 Å². The molecule has 2 aromatic heterocycles. The molecule has 0 unspecified atom stereocenters. The summed E-state index contributed by atoms with van der Waals surface area (Å²) in [4.78, 5) is 55.9. The topological polar surface area (TPSA) is 68.3 Å². The van der Waals surface area contributed by atoms with Crippen LogP contribution in [0.4, 0.5) is 0 Å². The summed E-state index contributed by atoms with van der Waals surface area (Å²) in [7, 11) is 0. The second kappa shape index (κ2) is 9.11. The number of thiophene rings is 2. The molecule has 6 heteroatoms. The van der Waals surface area contributed by atoms with E-state index in [1.165, 1.54) is 16.0 Å². The number of carbonyl (C=O) groups excluding carboxylic acids is 4. The van der Waals surface area contributed by atoms with E-state index in [2.05, 4.69) is 32.0 Å². The lowest BCUT2D eigenvalue weighted by atomic mass is 9.82. The lowest BCUT2D eigenvalue weighted by molar-refractivity contribution is 0.0975. The summed E-state index contributed by atoms with van der Waals surface area (Å²) in [6.07, 6.45) is 3.44. The fourth-order valence-electron chi connectivity index (χ4n) is 6.37. The second-order valence-corrected chi connectivity index (χ2v) is 13.7. The quantitative estimate of drug-likeness (QED) is 0.155. The van der Waals surface area contributed by atoms with Gasteiger partial charge in [0.15, 0.2) is 23.1 Å². The minimum atomic E-state index is -0.267. The molecule has 0 atom stereocenters. The lowest BCUT2D eigenvalue weighted by Gasteiger charge is -2.21. The van der Waals surface area contributed by atoms with E-state index in [9.17, 15) is 19.2 Å². The molecule has 0 saturated carbocycles. The largest absolute Gasteiger partial charge is 0.288 e. The van der Waals surface area contributed by atoms with Crippen molar-refractivity contribution >= 4 is 58.0 Å². The molecular weight excluding hydrogens is 573 g/mol. The summed E-state index contributed by atoms with van der Waals surface area (Å²) in [5, 5.41) is 0. The molecule has 8 rings (SSSR count). The van der Waals surface area contributed by atoms with Crippen LogP contribution >= 0.6 is 22.7 Å². The van der Waals surface area contributed by atoms with Gasteiger partial charge in [-0.3, -0.25) is 19.2 Å². The van der Waals surface area contributed by atoms with Gasteiger partial charge in [-0.1, -0.05) is 80.6 Å². The van der Waals surface area contributed by atoms with Crippen molar-refractivity contribution in [1.82, 2.24) is 0 Å². The fraction of sp³-hybridized carbons (Fsp3) is 0.0811. The molecule has 0 bridgehead atoms. The molecule has 3 aliphatic rings. The van der Waals surface area contributed by atoms with E-state index in [4.69, 9.17) is 0 Å². The highest BCUT2D eigenvalue weighted by Gasteiger charge is 2.38. The van der Waals surface area contributed by atoms with Crippen LogP contribution in [0.15, 0.2) is 96.1 Å². The van der Waals surface area contributed by atoms with Gasteiger partial charge in [0.05, 0.1) is 11.1 Å². The van der Waals surface area contributed by atoms with Crippen molar-refractivity contribution in [2.24, 2.45) is 0 Å². The Balaban J connectivity index is 1.11. The van der Waals surface area contributed by atoms with E-state index < -0.39 is 0 Å². The van der Waals surface area contributed by atoms with Crippen molar-refractivity contribution in [3.8, 4) is 20.2 Å². The standard InChI is InChI=1S/C37H22O4S2/c1-37(2)28-16-19(15-26-32(38)21-7-3-4-8-22(21)33(26)39)11-13-25(28)36-29(37)18-31(43-36)30-14-12-20(42-30)17-27-34(40)23-9-5-6-10-24(23)35(27)41/h3-18H,1-2H3. The van der Waals surface area contributed by atoms with Gasteiger partial charge in [-0.15, -0.1) is 22.7 Å². The second-order valence-electron chi connectivity index (χ2n) is 11.5. The molecule has 0 radical (unpaired) electrons. The number of hydrogen-bond acceptors (Lipinski definition) is 6. The van der Waals surface area contributed by atoms with Crippen LogP contribution in [-0.2, 0) is 5.41 Å². The van der Waals surface area contributed by atoms with Crippen LogP contribution in [-0.4, -0.2) is 23.1 Å². The third kappa shape index (κ3) is 3.73. The summed E-state index contributed by atoms with van der Waals surface area (Å²) < 4.78 is 0. The average molecular weight is 595 g/mol. The van der Waals surface area contributed by atoms with Crippen molar-refractivity contribution in [1.29, 1.82) is 0 Å². The molecule has 0 aliphatic heterocycles. The molecule has 43 heavy (non-hydrogen) atoms. The minimum absolute atomic E-state index is 0.211. The average Bonchev–Trinajstić information content (AvgIpc) is 3.80. The van der Waals surface area contributed by atoms with E-state index in [1.54, 1.807) is 83.4 Å². The van der Waals surface area contributed by atoms with Gasteiger partial charge < -0.3 is 0 Å². The summed E-state index contributed by atoms with van der Waals surface area (Å²) >= 11 is 3.30. The van der Waals surface area contributed by atoms with Crippen molar-refractivity contribution in [3.63, 3.8) is 0 Å². The normalized spacial score (nSPS) is 16.0. The predicted molar refractivity (Wildman–Crippen MR) is 171 cm³/mol. The molecule has 0 amide bonds. The number of carbonyl (C=O) groups is 4. The number of ketones is 4. The maximum atomic E-state index is 12.9. The molecule has 3 aliphatic carbocycles. The van der Waals surface area contributed by atoms with E-state index in [0.717, 1.165) is 25.8 Å². The summed E-state index contributed by atoms with van der Waals surface area (Å²) in [6.45, 7) is 4.40. The molecule has 5 aromatic rings. The summed E-state index contributed by atoms with van der Waals surface area (Å²) in [5.41, 5.74) is 6.42. The van der Waals surface area contributed by atoms with Gasteiger partial charge in [0, 0.05) is 47.2 Å².